The zero-order chi connectivity index (χ0) is 53.4. The number of allylic oxidation sites excluding steroid dienone is 20. The van der Waals surface area contributed by atoms with Gasteiger partial charge >= 0.3 is 11.9 Å². The largest absolute Gasteiger partial charge is 0.545 e. The molecule has 2 atom stereocenters. The zero-order valence-electron chi connectivity index (χ0n) is 47.0. The Balaban J connectivity index is 4.25. The van der Waals surface area contributed by atoms with Gasteiger partial charge in [0.1, 0.15) is 13.2 Å². The first-order valence-corrected chi connectivity index (χ1v) is 28.7. The van der Waals surface area contributed by atoms with Crippen LogP contribution < -0.4 is 5.11 Å². The smallest absolute Gasteiger partial charge is 0.306 e. The molecule has 0 spiro atoms. The van der Waals surface area contributed by atoms with Crippen molar-refractivity contribution in [2.75, 3.05) is 47.5 Å². The van der Waals surface area contributed by atoms with Crippen molar-refractivity contribution in [1.29, 1.82) is 0 Å². The van der Waals surface area contributed by atoms with Gasteiger partial charge in [0, 0.05) is 12.8 Å². The van der Waals surface area contributed by atoms with Gasteiger partial charge in [0.25, 0.3) is 0 Å². The summed E-state index contributed by atoms with van der Waals surface area (Å²) in [4.78, 5) is 37.2. The Morgan fingerprint density at radius 3 is 1.14 bits per heavy atom. The molecule has 0 aliphatic carbocycles. The van der Waals surface area contributed by atoms with Crippen LogP contribution in [-0.4, -0.2) is 82.3 Å². The van der Waals surface area contributed by atoms with E-state index in [-0.39, 0.29) is 32.7 Å². The van der Waals surface area contributed by atoms with Crippen molar-refractivity contribution in [3.63, 3.8) is 0 Å². The van der Waals surface area contributed by atoms with Gasteiger partial charge in [-0.25, -0.2) is 0 Å². The topological polar surface area (TPSA) is 111 Å². The van der Waals surface area contributed by atoms with Crippen LogP contribution in [-0.2, 0) is 33.3 Å². The number of carbonyl (C=O) groups excluding carboxylic acids is 3. The summed E-state index contributed by atoms with van der Waals surface area (Å²) in [5, 5.41) is 11.8. The first-order chi connectivity index (χ1) is 35.6. The van der Waals surface area contributed by atoms with Crippen LogP contribution in [0.5, 0.6) is 0 Å². The van der Waals surface area contributed by atoms with E-state index in [1.54, 1.807) is 0 Å². The third kappa shape index (κ3) is 55.3. The van der Waals surface area contributed by atoms with Crippen LogP contribution in [0.3, 0.4) is 0 Å². The third-order valence-electron chi connectivity index (χ3n) is 11.7. The average molecular weight is 1020 g/mol. The van der Waals surface area contributed by atoms with Gasteiger partial charge in [-0.3, -0.25) is 9.59 Å². The fraction of sp³-hybridized carbons (Fsp3) is 0.641. The lowest BCUT2D eigenvalue weighted by atomic mass is 10.0. The number of carboxylic acid groups (broad SMARTS) is 1. The number of ether oxygens (including phenoxy) is 4. The molecule has 0 radical (unpaired) electrons. The summed E-state index contributed by atoms with van der Waals surface area (Å²) in [5.74, 6) is -2.37. The summed E-state index contributed by atoms with van der Waals surface area (Å²) in [7, 11) is 5.90. The van der Waals surface area contributed by atoms with Gasteiger partial charge in [-0.15, -0.1) is 0 Å². The van der Waals surface area contributed by atoms with Gasteiger partial charge in [0.2, 0.25) is 0 Å². The van der Waals surface area contributed by atoms with Gasteiger partial charge in [0.05, 0.1) is 40.3 Å². The Morgan fingerprint density at radius 2 is 0.753 bits per heavy atom. The number of carboxylic acids is 1. The first kappa shape index (κ1) is 68.7. The van der Waals surface area contributed by atoms with E-state index in [4.69, 9.17) is 18.9 Å². The number of hydrogen-bond donors (Lipinski definition) is 0. The predicted molar refractivity (Wildman–Crippen MR) is 306 cm³/mol. The minimum absolute atomic E-state index is 0.133. The number of quaternary nitrogens is 1. The molecule has 0 aliphatic rings. The van der Waals surface area contributed by atoms with E-state index >= 15 is 0 Å². The van der Waals surface area contributed by atoms with Crippen molar-refractivity contribution in [2.45, 2.75) is 219 Å². The van der Waals surface area contributed by atoms with E-state index in [1.807, 2.05) is 21.1 Å². The molecule has 0 saturated carbocycles. The Kier molecular flexibility index (Phi) is 50.8. The summed E-state index contributed by atoms with van der Waals surface area (Å²) in [6.45, 7) is 4.44. The summed E-state index contributed by atoms with van der Waals surface area (Å²) < 4.78 is 22.6. The Morgan fingerprint density at radius 1 is 0.411 bits per heavy atom. The van der Waals surface area contributed by atoms with E-state index in [1.165, 1.54) is 77.0 Å². The molecule has 0 aromatic heterocycles. The third-order valence-corrected chi connectivity index (χ3v) is 11.7. The lowest BCUT2D eigenvalue weighted by Crippen LogP contribution is -2.44. The molecular formula is C64H105NO8. The second-order valence-corrected chi connectivity index (χ2v) is 19.8. The highest BCUT2D eigenvalue weighted by Gasteiger charge is 2.22. The number of hydrogen-bond acceptors (Lipinski definition) is 8. The highest BCUT2D eigenvalue weighted by Crippen LogP contribution is 2.15. The summed E-state index contributed by atoms with van der Waals surface area (Å²) in [5.41, 5.74) is 0. The zero-order valence-corrected chi connectivity index (χ0v) is 47.0. The Bertz CT molecular complexity index is 1610. The SMILES string of the molecule is CC/C=C\C/C=C\C/C=C\C/C=C\C/C=C\CCCCCCCCCCCCCCCCCC(=O)OC(COC(=O)CCC/C=C\C/C=C\C/C=C\C/C=C\C/C=C\CC)COC(OCC[N+](C)(C)C)C(=O)[O-]. The van der Waals surface area contributed by atoms with Crippen LogP contribution in [0.1, 0.15) is 206 Å². The lowest BCUT2D eigenvalue weighted by Gasteiger charge is -2.26. The number of likely N-dealkylation sites (N-methyl/N-ethyl adjacent to an activating group) is 1. The fourth-order valence-electron chi connectivity index (χ4n) is 7.36. The van der Waals surface area contributed by atoms with Crippen LogP contribution in [0.4, 0.5) is 0 Å². The van der Waals surface area contributed by atoms with Crippen molar-refractivity contribution in [3.05, 3.63) is 122 Å². The number of unbranched alkanes of at least 4 members (excludes halogenated alkanes) is 16. The van der Waals surface area contributed by atoms with Crippen LogP contribution in [0.2, 0.25) is 0 Å². The molecule has 0 saturated heterocycles. The molecular weight excluding hydrogens is 911 g/mol. The second kappa shape index (κ2) is 54.0. The van der Waals surface area contributed by atoms with E-state index < -0.39 is 30.3 Å². The van der Waals surface area contributed by atoms with Crippen LogP contribution in [0, 0.1) is 0 Å². The molecule has 0 amide bonds. The van der Waals surface area contributed by atoms with Crippen molar-refractivity contribution in [2.24, 2.45) is 0 Å². The van der Waals surface area contributed by atoms with Crippen molar-refractivity contribution < 1.29 is 42.9 Å². The predicted octanol–water partition coefficient (Wildman–Crippen LogP) is 15.6. The van der Waals surface area contributed by atoms with Crippen molar-refractivity contribution >= 4 is 17.9 Å². The number of esters is 2. The fourth-order valence-corrected chi connectivity index (χ4v) is 7.36. The molecule has 0 N–H and O–H groups in total. The maximum Gasteiger partial charge on any atom is 0.306 e. The molecule has 0 aliphatic heterocycles. The second-order valence-electron chi connectivity index (χ2n) is 19.8. The van der Waals surface area contributed by atoms with Crippen molar-refractivity contribution in [1.82, 2.24) is 0 Å². The van der Waals surface area contributed by atoms with Crippen LogP contribution >= 0.6 is 0 Å². The highest BCUT2D eigenvalue weighted by atomic mass is 16.7. The summed E-state index contributed by atoms with van der Waals surface area (Å²) in [6, 6.07) is 0. The number of aliphatic carboxylic acids is 1. The molecule has 73 heavy (non-hydrogen) atoms. The molecule has 9 nitrogen and oxygen atoms in total. The van der Waals surface area contributed by atoms with Gasteiger partial charge in [-0.1, -0.05) is 219 Å². The molecule has 2 unspecified atom stereocenters. The molecule has 9 heteroatoms. The average Bonchev–Trinajstić information content (AvgIpc) is 3.36. The Hall–Kier alpha value is -4.31. The molecule has 0 rings (SSSR count). The van der Waals surface area contributed by atoms with Crippen LogP contribution in [0.15, 0.2) is 122 Å². The molecule has 0 bridgehead atoms. The van der Waals surface area contributed by atoms with Crippen molar-refractivity contribution in [3.8, 4) is 0 Å². The summed E-state index contributed by atoms with van der Waals surface area (Å²) in [6.07, 6.45) is 72.6. The molecule has 414 valence electrons. The number of carbonyl (C=O) groups is 3. The van der Waals surface area contributed by atoms with E-state index in [0.717, 1.165) is 89.9 Å². The minimum Gasteiger partial charge on any atom is -0.545 e. The minimum atomic E-state index is -1.64. The molecule has 0 heterocycles. The van der Waals surface area contributed by atoms with E-state index in [0.29, 0.717) is 23.9 Å². The molecule has 0 fully saturated rings. The van der Waals surface area contributed by atoms with E-state index in [9.17, 15) is 19.5 Å². The van der Waals surface area contributed by atoms with Crippen LogP contribution in [0.25, 0.3) is 0 Å². The standard InChI is InChI=1S/C64H105NO8/c1-6-8-10-12-14-16-18-20-22-24-25-26-27-28-29-30-31-32-33-34-35-36-37-39-41-43-45-47-49-51-53-55-62(67)73-60(59-72-64(63(68)69)70-57-56-65(3,4)5)58-71-61(66)54-52-50-48-46-44-42-40-38-23-21-19-17-15-13-11-9-7-2/h8-11,14-17,20-23,25-26,28-29,40,42,46,48,60,64H,6-7,12-13,18-19,24,27,30-39,41,43-45,47,49-59H2,1-5H3/b10-8-,11-9-,16-14-,17-15-,22-20-,23-21-,26-25-,29-28-,42-40-,48-46-. The number of nitrogens with zero attached hydrogens (tertiary/aromatic N) is 1. The Labute approximate surface area is 447 Å². The van der Waals surface area contributed by atoms with Gasteiger partial charge in [-0.05, 0) is 96.3 Å². The highest BCUT2D eigenvalue weighted by molar-refractivity contribution is 5.70. The quantitative estimate of drug-likeness (QED) is 0.0195. The maximum absolute atomic E-state index is 12.9. The van der Waals surface area contributed by atoms with Gasteiger partial charge in [-0.2, -0.15) is 0 Å². The van der Waals surface area contributed by atoms with Gasteiger partial charge in [0.15, 0.2) is 12.4 Å². The number of rotatable bonds is 51. The normalized spacial score (nSPS) is 13.7. The maximum atomic E-state index is 12.9. The molecule has 0 aromatic rings. The first-order valence-electron chi connectivity index (χ1n) is 28.7. The lowest BCUT2D eigenvalue weighted by molar-refractivity contribution is -0.870. The van der Waals surface area contributed by atoms with Gasteiger partial charge < -0.3 is 33.3 Å². The summed E-state index contributed by atoms with van der Waals surface area (Å²) >= 11 is 0. The molecule has 0 aromatic carbocycles. The monoisotopic (exact) mass is 1020 g/mol. The van der Waals surface area contributed by atoms with E-state index in [2.05, 4.69) is 135 Å².